The average molecular weight is 1030 g/mol. The molecule has 0 rings (SSSR count). The van der Waals surface area contributed by atoms with Crippen molar-refractivity contribution in [3.63, 3.8) is 0 Å². The number of unbranched alkanes of at least 4 members (excludes halogenated alkanes) is 15. The second-order valence-corrected chi connectivity index (χ2v) is 21.3. The van der Waals surface area contributed by atoms with E-state index in [0.29, 0.717) is 17.4 Å². The summed E-state index contributed by atoms with van der Waals surface area (Å²) >= 11 is 0. The smallest absolute Gasteiger partial charge is 0.268 e. The molecule has 0 bridgehead atoms. The zero-order valence-corrected chi connectivity index (χ0v) is 47.9. The number of hydrogen-bond donors (Lipinski definition) is 2. The van der Waals surface area contributed by atoms with Crippen molar-refractivity contribution in [2.24, 2.45) is 0 Å². The zero-order valence-electron chi connectivity index (χ0n) is 47.0. The zero-order chi connectivity index (χ0) is 53.5. The maximum absolute atomic E-state index is 12.9. The summed E-state index contributed by atoms with van der Waals surface area (Å²) in [4.78, 5) is 25.4. The Morgan fingerprint density at radius 3 is 1.27 bits per heavy atom. The number of amides is 1. The lowest BCUT2D eigenvalue weighted by Crippen LogP contribution is -2.45. The van der Waals surface area contributed by atoms with E-state index in [9.17, 15) is 19.4 Å². The van der Waals surface area contributed by atoms with Crippen LogP contribution in [0.1, 0.15) is 200 Å². The molecule has 0 heterocycles. The maximum Gasteiger partial charge on any atom is 0.268 e. The summed E-state index contributed by atoms with van der Waals surface area (Å²) in [5.74, 6) is -0.221. The van der Waals surface area contributed by atoms with Gasteiger partial charge in [-0.1, -0.05) is 230 Å². The van der Waals surface area contributed by atoms with Gasteiger partial charge in [-0.15, -0.1) is 0 Å². The summed E-state index contributed by atoms with van der Waals surface area (Å²) in [6.07, 6.45) is 82.3. The second kappa shape index (κ2) is 53.2. The standard InChI is InChI=1S/C64H107N2O6P/c1-6-8-10-12-14-16-18-19-20-21-22-23-24-25-26-27-28-29-30-31-32-33-34-35-36-37-38-39-40-41-42-43-44-45-46-47-48-50-52-54-56-58-64(68)65-62(61-72-73(69,70)71-60-59-66(3,4)5)63(67)57-55-53-51-49-17-15-13-11-9-7-2/h8,10,14,16-17,19-20,22-23,25-26,28-29,31-32,34-35,37-38,40-41,49,55,57,62-63,67H,6-7,9,11-13,15,18,21,24,27,30,33,36,39,42-48,50-54,56,58-61H2,1-5H3,(H-,65,68,69,70)/b10-8-,16-14-,20-19-,23-22-,26-25-,29-28-,32-31-,35-34-,38-37-,41-40-,49-17+,57-55+. The molecule has 0 aliphatic carbocycles. The van der Waals surface area contributed by atoms with E-state index >= 15 is 0 Å². The van der Waals surface area contributed by atoms with E-state index in [1.165, 1.54) is 64.2 Å². The number of likely N-dealkylation sites (N-methyl/N-ethyl adjacent to an activating group) is 1. The lowest BCUT2D eigenvalue weighted by molar-refractivity contribution is -0.870. The van der Waals surface area contributed by atoms with Gasteiger partial charge in [-0.05, 0) is 109 Å². The number of rotatable bonds is 50. The summed E-state index contributed by atoms with van der Waals surface area (Å²) in [5, 5.41) is 13.7. The lowest BCUT2D eigenvalue weighted by Gasteiger charge is -2.29. The third-order valence-electron chi connectivity index (χ3n) is 11.8. The van der Waals surface area contributed by atoms with Crippen LogP contribution in [0.4, 0.5) is 0 Å². The van der Waals surface area contributed by atoms with Crippen LogP contribution in [0.3, 0.4) is 0 Å². The average Bonchev–Trinajstić information content (AvgIpc) is 3.35. The summed E-state index contributed by atoms with van der Waals surface area (Å²) < 4.78 is 23.2. The van der Waals surface area contributed by atoms with E-state index in [1.807, 2.05) is 27.2 Å². The Labute approximate surface area is 449 Å². The normalized spacial score (nSPS) is 15.0. The van der Waals surface area contributed by atoms with Crippen LogP contribution >= 0.6 is 7.82 Å². The number of aliphatic hydroxyl groups is 1. The first-order valence-corrected chi connectivity index (χ1v) is 30.2. The van der Waals surface area contributed by atoms with Gasteiger partial charge >= 0.3 is 0 Å². The van der Waals surface area contributed by atoms with E-state index in [2.05, 4.69) is 153 Å². The predicted molar refractivity (Wildman–Crippen MR) is 315 cm³/mol. The molecule has 8 nitrogen and oxygen atoms in total. The molecular weight excluding hydrogens is 924 g/mol. The molecule has 0 fully saturated rings. The number of carbonyl (C=O) groups is 1. The third-order valence-corrected chi connectivity index (χ3v) is 12.7. The number of aliphatic hydroxyl groups excluding tert-OH is 1. The molecule has 73 heavy (non-hydrogen) atoms. The van der Waals surface area contributed by atoms with E-state index in [-0.39, 0.29) is 12.5 Å². The van der Waals surface area contributed by atoms with E-state index in [1.54, 1.807) is 6.08 Å². The molecule has 0 saturated heterocycles. The van der Waals surface area contributed by atoms with Crippen molar-refractivity contribution in [3.8, 4) is 0 Å². The molecule has 9 heteroatoms. The number of nitrogens with zero attached hydrogens (tertiary/aromatic N) is 1. The van der Waals surface area contributed by atoms with Gasteiger partial charge in [0, 0.05) is 6.42 Å². The number of phosphoric ester groups is 1. The molecule has 1 amide bonds. The van der Waals surface area contributed by atoms with Crippen LogP contribution in [0.15, 0.2) is 146 Å². The topological polar surface area (TPSA) is 108 Å². The van der Waals surface area contributed by atoms with E-state index < -0.39 is 26.6 Å². The Balaban J connectivity index is 4.05. The van der Waals surface area contributed by atoms with Crippen LogP contribution < -0.4 is 10.2 Å². The summed E-state index contributed by atoms with van der Waals surface area (Å²) in [6, 6.07) is -0.913. The fraction of sp³-hybridized carbons (Fsp3) is 0.609. The van der Waals surface area contributed by atoms with Gasteiger partial charge in [0.15, 0.2) is 0 Å². The van der Waals surface area contributed by atoms with E-state index in [0.717, 1.165) is 116 Å². The van der Waals surface area contributed by atoms with Crippen molar-refractivity contribution < 1.29 is 32.9 Å². The molecule has 0 spiro atoms. The molecule has 0 aromatic carbocycles. The first-order valence-electron chi connectivity index (χ1n) is 28.7. The Hall–Kier alpha value is -3.62. The summed E-state index contributed by atoms with van der Waals surface area (Å²) in [7, 11) is 1.22. The Kier molecular flexibility index (Phi) is 50.6. The van der Waals surface area contributed by atoms with Gasteiger partial charge < -0.3 is 28.8 Å². The number of carbonyl (C=O) groups excluding carboxylic acids is 1. The number of nitrogens with one attached hydrogen (secondary N) is 1. The van der Waals surface area contributed by atoms with Crippen molar-refractivity contribution in [2.75, 3.05) is 40.9 Å². The van der Waals surface area contributed by atoms with Gasteiger partial charge in [-0.3, -0.25) is 9.36 Å². The van der Waals surface area contributed by atoms with Crippen molar-refractivity contribution >= 4 is 13.7 Å². The largest absolute Gasteiger partial charge is 0.756 e. The number of phosphoric acid groups is 1. The molecule has 0 radical (unpaired) electrons. The van der Waals surface area contributed by atoms with Crippen LogP contribution in [-0.2, 0) is 18.4 Å². The first-order chi connectivity index (χ1) is 35.5. The van der Waals surface area contributed by atoms with Gasteiger partial charge in [-0.2, -0.15) is 0 Å². The van der Waals surface area contributed by atoms with Gasteiger partial charge in [0.1, 0.15) is 13.2 Å². The number of hydrogen-bond acceptors (Lipinski definition) is 6. The number of allylic oxidation sites excluding steroid dienone is 23. The molecule has 0 aromatic rings. The van der Waals surface area contributed by atoms with Crippen molar-refractivity contribution in [2.45, 2.75) is 212 Å². The minimum Gasteiger partial charge on any atom is -0.756 e. The van der Waals surface area contributed by atoms with Gasteiger partial charge in [0.05, 0.1) is 39.9 Å². The molecule has 0 aliphatic rings. The van der Waals surface area contributed by atoms with Crippen LogP contribution in [0.2, 0.25) is 0 Å². The number of quaternary nitrogens is 1. The molecule has 0 saturated carbocycles. The van der Waals surface area contributed by atoms with Gasteiger partial charge in [0.2, 0.25) is 5.91 Å². The fourth-order valence-electron chi connectivity index (χ4n) is 7.31. The Bertz CT molecular complexity index is 1690. The maximum atomic E-state index is 12.9. The first kappa shape index (κ1) is 69.4. The van der Waals surface area contributed by atoms with Crippen molar-refractivity contribution in [3.05, 3.63) is 146 Å². The molecule has 0 aliphatic heterocycles. The molecular formula is C64H107N2O6P. The van der Waals surface area contributed by atoms with E-state index in [4.69, 9.17) is 9.05 Å². The molecule has 2 N–H and O–H groups in total. The van der Waals surface area contributed by atoms with Gasteiger partial charge in [-0.25, -0.2) is 0 Å². The Morgan fingerprint density at radius 2 is 0.849 bits per heavy atom. The highest BCUT2D eigenvalue weighted by Gasteiger charge is 2.23. The molecule has 3 unspecified atom stereocenters. The summed E-state index contributed by atoms with van der Waals surface area (Å²) in [6.45, 7) is 4.44. The van der Waals surface area contributed by atoms with Crippen molar-refractivity contribution in [1.82, 2.24) is 5.32 Å². The fourth-order valence-corrected chi connectivity index (χ4v) is 8.04. The molecule has 414 valence electrons. The lowest BCUT2D eigenvalue weighted by atomic mass is 10.0. The SMILES string of the molecule is CC/C=C\C/C=C\C/C=C\C/C=C\C/C=C\C/C=C\C/C=C\C/C=C\C/C=C\C/C=C\CCCCCCCCCCCCC(=O)NC(COP(=O)([O-])OCC[N+](C)(C)C)C(O)/C=C/CC/C=C/CCCCCC. The van der Waals surface area contributed by atoms with Crippen LogP contribution in [0, 0.1) is 0 Å². The minimum atomic E-state index is -4.61. The highest BCUT2D eigenvalue weighted by molar-refractivity contribution is 7.45. The molecule has 0 aromatic heterocycles. The van der Waals surface area contributed by atoms with Crippen LogP contribution in [0.5, 0.6) is 0 Å². The Morgan fingerprint density at radius 1 is 0.493 bits per heavy atom. The van der Waals surface area contributed by atoms with Crippen molar-refractivity contribution in [1.29, 1.82) is 0 Å². The molecule has 3 atom stereocenters. The predicted octanol–water partition coefficient (Wildman–Crippen LogP) is 17.1. The quantitative estimate of drug-likeness (QED) is 0.0272. The van der Waals surface area contributed by atoms with Gasteiger partial charge in [0.25, 0.3) is 7.82 Å². The van der Waals surface area contributed by atoms with Crippen LogP contribution in [0.25, 0.3) is 0 Å². The third kappa shape index (κ3) is 56.0. The van der Waals surface area contributed by atoms with Crippen LogP contribution in [-0.4, -0.2) is 68.5 Å². The highest BCUT2D eigenvalue weighted by atomic mass is 31.2. The second-order valence-electron chi connectivity index (χ2n) is 19.9. The summed E-state index contributed by atoms with van der Waals surface area (Å²) in [5.41, 5.74) is 0. The minimum absolute atomic E-state index is 0.0143. The monoisotopic (exact) mass is 1030 g/mol. The highest BCUT2D eigenvalue weighted by Crippen LogP contribution is 2.38.